The number of amides is 1. The van der Waals surface area contributed by atoms with E-state index in [0.29, 0.717) is 23.7 Å². The van der Waals surface area contributed by atoms with E-state index < -0.39 is 6.09 Å². The van der Waals surface area contributed by atoms with Crippen molar-refractivity contribution in [1.82, 2.24) is 4.90 Å². The Balaban J connectivity index is 1.77. The van der Waals surface area contributed by atoms with E-state index >= 15 is 0 Å². The topological polar surface area (TPSA) is 40.5 Å². The summed E-state index contributed by atoms with van der Waals surface area (Å²) in [5, 5.41) is 9.19. The molecule has 1 fully saturated rings. The van der Waals surface area contributed by atoms with Crippen LogP contribution in [0.3, 0.4) is 0 Å². The minimum absolute atomic E-state index is 0.227. The average molecular weight is 306 g/mol. The SMILES string of the molecule is O=C(O)N1CC(c2ccc(-c3ccc(Cl)cc3F)cc2)C1. The van der Waals surface area contributed by atoms with Gasteiger partial charge in [-0.3, -0.25) is 0 Å². The first-order valence-electron chi connectivity index (χ1n) is 6.58. The predicted molar refractivity (Wildman–Crippen MR) is 79.2 cm³/mol. The quantitative estimate of drug-likeness (QED) is 0.902. The van der Waals surface area contributed by atoms with E-state index in [1.54, 1.807) is 12.1 Å². The van der Waals surface area contributed by atoms with Crippen LogP contribution in [-0.2, 0) is 0 Å². The van der Waals surface area contributed by atoms with Gasteiger partial charge in [-0.15, -0.1) is 0 Å². The molecular weight excluding hydrogens is 293 g/mol. The Bertz CT molecular complexity index is 681. The van der Waals surface area contributed by atoms with Gasteiger partial charge < -0.3 is 10.0 Å². The Morgan fingerprint density at radius 2 is 1.86 bits per heavy atom. The lowest BCUT2D eigenvalue weighted by molar-refractivity contribution is 0.105. The van der Waals surface area contributed by atoms with Gasteiger partial charge in [-0.25, -0.2) is 9.18 Å². The van der Waals surface area contributed by atoms with Crippen LogP contribution in [0.4, 0.5) is 9.18 Å². The van der Waals surface area contributed by atoms with Gasteiger partial charge >= 0.3 is 6.09 Å². The van der Waals surface area contributed by atoms with E-state index in [2.05, 4.69) is 0 Å². The summed E-state index contributed by atoms with van der Waals surface area (Å²) in [6.07, 6.45) is -0.883. The van der Waals surface area contributed by atoms with Crippen LogP contribution < -0.4 is 0 Å². The zero-order valence-corrected chi connectivity index (χ0v) is 11.8. The minimum Gasteiger partial charge on any atom is -0.465 e. The van der Waals surface area contributed by atoms with E-state index in [1.807, 2.05) is 24.3 Å². The number of carboxylic acid groups (broad SMARTS) is 1. The molecule has 1 N–H and O–H groups in total. The lowest BCUT2D eigenvalue weighted by atomic mass is 9.90. The van der Waals surface area contributed by atoms with Gasteiger partial charge in [0.15, 0.2) is 0 Å². The molecule has 0 saturated carbocycles. The van der Waals surface area contributed by atoms with Crippen LogP contribution in [0, 0.1) is 5.82 Å². The van der Waals surface area contributed by atoms with Crippen LogP contribution >= 0.6 is 11.6 Å². The molecule has 1 aliphatic heterocycles. The molecular formula is C16H13ClFNO2. The fourth-order valence-electron chi connectivity index (χ4n) is 2.50. The molecule has 21 heavy (non-hydrogen) atoms. The third kappa shape index (κ3) is 2.72. The van der Waals surface area contributed by atoms with E-state index in [-0.39, 0.29) is 11.7 Å². The highest BCUT2D eigenvalue weighted by Gasteiger charge is 2.31. The number of hydrogen-bond acceptors (Lipinski definition) is 1. The van der Waals surface area contributed by atoms with Crippen LogP contribution in [0.15, 0.2) is 42.5 Å². The zero-order chi connectivity index (χ0) is 15.0. The summed E-state index contributed by atoms with van der Waals surface area (Å²) in [4.78, 5) is 12.1. The van der Waals surface area contributed by atoms with Gasteiger partial charge in [0, 0.05) is 29.6 Å². The largest absolute Gasteiger partial charge is 0.465 e. The predicted octanol–water partition coefficient (Wildman–Crippen LogP) is 4.22. The van der Waals surface area contributed by atoms with Gasteiger partial charge in [0.2, 0.25) is 0 Å². The summed E-state index contributed by atoms with van der Waals surface area (Å²) in [6, 6.07) is 12.2. The van der Waals surface area contributed by atoms with Crippen molar-refractivity contribution in [3.63, 3.8) is 0 Å². The summed E-state index contributed by atoms with van der Waals surface area (Å²) in [6.45, 7) is 1.04. The average Bonchev–Trinajstić information content (AvgIpc) is 2.38. The number of halogens is 2. The first kappa shape index (κ1) is 13.9. The summed E-state index contributed by atoms with van der Waals surface area (Å²) >= 11 is 5.74. The molecule has 1 saturated heterocycles. The van der Waals surface area contributed by atoms with Crippen molar-refractivity contribution < 1.29 is 14.3 Å². The molecule has 5 heteroatoms. The fourth-order valence-corrected chi connectivity index (χ4v) is 2.66. The van der Waals surface area contributed by atoms with Gasteiger partial charge in [0.05, 0.1) is 0 Å². The van der Waals surface area contributed by atoms with Crippen molar-refractivity contribution in [2.24, 2.45) is 0 Å². The summed E-state index contributed by atoms with van der Waals surface area (Å²) in [5.41, 5.74) is 2.36. The van der Waals surface area contributed by atoms with Crippen LogP contribution in [0.25, 0.3) is 11.1 Å². The van der Waals surface area contributed by atoms with Crippen molar-refractivity contribution in [2.45, 2.75) is 5.92 Å². The Hall–Kier alpha value is -2.07. The van der Waals surface area contributed by atoms with E-state index in [1.165, 1.54) is 11.0 Å². The number of carbonyl (C=O) groups is 1. The lowest BCUT2D eigenvalue weighted by Crippen LogP contribution is -2.47. The molecule has 2 aromatic carbocycles. The smallest absolute Gasteiger partial charge is 0.407 e. The van der Waals surface area contributed by atoms with Crippen molar-refractivity contribution in [3.05, 3.63) is 58.9 Å². The van der Waals surface area contributed by atoms with Gasteiger partial charge in [0.1, 0.15) is 5.82 Å². The van der Waals surface area contributed by atoms with Gasteiger partial charge in [-0.05, 0) is 29.3 Å². The number of hydrogen-bond donors (Lipinski definition) is 1. The highest BCUT2D eigenvalue weighted by Crippen LogP contribution is 2.30. The molecule has 3 rings (SSSR count). The van der Waals surface area contributed by atoms with Crippen LogP contribution in [0.5, 0.6) is 0 Å². The van der Waals surface area contributed by atoms with E-state index in [4.69, 9.17) is 16.7 Å². The second kappa shape index (κ2) is 5.37. The van der Waals surface area contributed by atoms with Crippen molar-refractivity contribution >= 4 is 17.7 Å². The fraction of sp³-hybridized carbons (Fsp3) is 0.188. The first-order valence-corrected chi connectivity index (χ1v) is 6.95. The molecule has 0 spiro atoms. The van der Waals surface area contributed by atoms with Crippen LogP contribution in [0.1, 0.15) is 11.5 Å². The molecule has 0 bridgehead atoms. The number of rotatable bonds is 2. The van der Waals surface area contributed by atoms with Crippen molar-refractivity contribution in [1.29, 1.82) is 0 Å². The molecule has 1 amide bonds. The molecule has 108 valence electrons. The third-order valence-electron chi connectivity index (χ3n) is 3.78. The highest BCUT2D eigenvalue weighted by molar-refractivity contribution is 6.30. The van der Waals surface area contributed by atoms with Crippen LogP contribution in [0.2, 0.25) is 5.02 Å². The Morgan fingerprint density at radius 3 is 2.43 bits per heavy atom. The normalized spacial score (nSPS) is 14.9. The number of likely N-dealkylation sites (tertiary alicyclic amines) is 1. The van der Waals surface area contributed by atoms with Gasteiger partial charge in [0.25, 0.3) is 0 Å². The third-order valence-corrected chi connectivity index (χ3v) is 4.01. The maximum atomic E-state index is 13.9. The maximum absolute atomic E-state index is 13.9. The molecule has 1 aliphatic rings. The molecule has 0 radical (unpaired) electrons. The second-order valence-corrected chi connectivity index (χ2v) is 5.57. The molecule has 0 atom stereocenters. The van der Waals surface area contributed by atoms with E-state index in [9.17, 15) is 9.18 Å². The Labute approximate surface area is 126 Å². The molecule has 0 aliphatic carbocycles. The lowest BCUT2D eigenvalue weighted by Gasteiger charge is -2.37. The molecule has 2 aromatic rings. The molecule has 0 aromatic heterocycles. The second-order valence-electron chi connectivity index (χ2n) is 5.13. The summed E-state index contributed by atoms with van der Waals surface area (Å²) < 4.78 is 13.9. The minimum atomic E-state index is -0.883. The highest BCUT2D eigenvalue weighted by atomic mass is 35.5. The molecule has 3 nitrogen and oxygen atoms in total. The molecule has 0 unspecified atom stereocenters. The zero-order valence-electron chi connectivity index (χ0n) is 11.1. The first-order chi connectivity index (χ1) is 10.0. The van der Waals surface area contributed by atoms with Crippen molar-refractivity contribution in [3.8, 4) is 11.1 Å². The summed E-state index contributed by atoms with van der Waals surface area (Å²) in [7, 11) is 0. The molecule has 1 heterocycles. The number of benzene rings is 2. The Kier molecular flexibility index (Phi) is 3.55. The summed E-state index contributed by atoms with van der Waals surface area (Å²) in [5.74, 6) is -0.124. The standard InChI is InChI=1S/C16H13ClFNO2/c17-13-5-6-14(15(18)7-13)11-3-1-10(2-4-11)12-8-19(9-12)16(20)21/h1-7,12H,8-9H2,(H,20,21). The Morgan fingerprint density at radius 1 is 1.19 bits per heavy atom. The van der Waals surface area contributed by atoms with Gasteiger partial charge in [-0.1, -0.05) is 35.9 Å². The van der Waals surface area contributed by atoms with Crippen LogP contribution in [-0.4, -0.2) is 29.2 Å². The van der Waals surface area contributed by atoms with Gasteiger partial charge in [-0.2, -0.15) is 0 Å². The maximum Gasteiger partial charge on any atom is 0.407 e. The number of nitrogens with zero attached hydrogens (tertiary/aromatic N) is 1. The van der Waals surface area contributed by atoms with E-state index in [0.717, 1.165) is 11.1 Å². The monoisotopic (exact) mass is 305 g/mol. The van der Waals surface area contributed by atoms with Crippen molar-refractivity contribution in [2.75, 3.05) is 13.1 Å².